The zero-order valence-corrected chi connectivity index (χ0v) is 19.3. The molecule has 0 unspecified atom stereocenters. The maximum atomic E-state index is 14.8. The molecule has 33 heavy (non-hydrogen) atoms. The Morgan fingerprint density at radius 1 is 1.36 bits per heavy atom. The highest BCUT2D eigenvalue weighted by molar-refractivity contribution is 9.10. The standard InChI is InChI=1S/C22H23BrF3N3O4/c1-33-21(32)18-15(27-10-28-20(18)13-3-2-4-14(24)19(13)23)9-29-12-5-11(7-17(30)31)6-16(29)22(25,26)8-12/h2-4,10-12,16,20H,5-9H2,1H3,(H,27,28)(H,30,31)/t11-,12+,16-,20-/m0/s1. The van der Waals surface area contributed by atoms with Crippen LogP contribution in [0, 0.1) is 11.7 Å². The zero-order valence-electron chi connectivity index (χ0n) is 17.7. The number of hydrogen-bond donors (Lipinski definition) is 2. The third-order valence-corrected chi connectivity index (χ3v) is 7.41. The second-order valence-corrected chi connectivity index (χ2v) is 9.39. The number of esters is 1. The normalized spacial score (nSPS) is 28.5. The molecule has 1 aromatic carbocycles. The Morgan fingerprint density at radius 3 is 2.79 bits per heavy atom. The van der Waals surface area contributed by atoms with Gasteiger partial charge in [-0.25, -0.2) is 18.0 Å². The van der Waals surface area contributed by atoms with E-state index >= 15 is 0 Å². The Hall–Kier alpha value is -2.40. The largest absolute Gasteiger partial charge is 0.481 e. The van der Waals surface area contributed by atoms with Crippen LogP contribution in [-0.2, 0) is 14.3 Å². The predicted octanol–water partition coefficient (Wildman–Crippen LogP) is 3.65. The Morgan fingerprint density at radius 2 is 2.12 bits per heavy atom. The third kappa shape index (κ3) is 4.52. The number of carbonyl (C=O) groups is 2. The van der Waals surface area contributed by atoms with E-state index in [0.29, 0.717) is 17.7 Å². The number of carboxylic acids is 1. The summed E-state index contributed by atoms with van der Waals surface area (Å²) in [6.07, 6.45) is 1.26. The maximum absolute atomic E-state index is 14.8. The molecule has 0 amide bonds. The molecule has 1 aromatic rings. The first-order valence-corrected chi connectivity index (χ1v) is 11.3. The molecule has 0 saturated carbocycles. The van der Waals surface area contributed by atoms with E-state index in [1.54, 1.807) is 11.0 Å². The summed E-state index contributed by atoms with van der Waals surface area (Å²) in [5.74, 6) is -5.51. The van der Waals surface area contributed by atoms with Gasteiger partial charge in [-0.05, 0) is 46.3 Å². The number of alkyl halides is 2. The molecular weight excluding hydrogens is 507 g/mol. The number of piperidine rings is 1. The second-order valence-electron chi connectivity index (χ2n) is 8.59. The van der Waals surface area contributed by atoms with E-state index in [1.165, 1.54) is 25.6 Å². The lowest BCUT2D eigenvalue weighted by Crippen LogP contribution is -2.49. The van der Waals surface area contributed by atoms with Gasteiger partial charge in [-0.1, -0.05) is 12.1 Å². The van der Waals surface area contributed by atoms with E-state index in [0.717, 1.165) is 0 Å². The van der Waals surface area contributed by atoms with Crippen molar-refractivity contribution in [2.75, 3.05) is 13.7 Å². The first-order valence-electron chi connectivity index (χ1n) is 10.5. The van der Waals surface area contributed by atoms with Crippen molar-refractivity contribution >= 4 is 34.2 Å². The van der Waals surface area contributed by atoms with Crippen molar-refractivity contribution in [2.45, 2.75) is 49.7 Å². The van der Waals surface area contributed by atoms with E-state index in [2.05, 4.69) is 26.2 Å². The number of benzene rings is 1. The average molecular weight is 530 g/mol. The third-order valence-electron chi connectivity index (χ3n) is 6.57. The highest BCUT2D eigenvalue weighted by Crippen LogP contribution is 2.48. The van der Waals surface area contributed by atoms with Crippen LogP contribution in [0.4, 0.5) is 13.2 Å². The van der Waals surface area contributed by atoms with Crippen LogP contribution >= 0.6 is 15.9 Å². The fourth-order valence-electron chi connectivity index (χ4n) is 5.17. The van der Waals surface area contributed by atoms with E-state index in [9.17, 15) is 22.8 Å². The van der Waals surface area contributed by atoms with Crippen molar-refractivity contribution in [3.63, 3.8) is 0 Å². The summed E-state index contributed by atoms with van der Waals surface area (Å²) in [6.45, 7) is 0.00457. The van der Waals surface area contributed by atoms with Crippen LogP contribution in [-0.4, -0.2) is 59.9 Å². The molecular formula is C22H23BrF3N3O4. The number of methoxy groups -OCH3 is 1. The number of fused-ring (bicyclic) bond motifs is 2. The number of halogens is 4. The molecule has 3 heterocycles. The van der Waals surface area contributed by atoms with E-state index in [-0.39, 0.29) is 41.8 Å². The first kappa shape index (κ1) is 23.7. The van der Waals surface area contributed by atoms with E-state index < -0.39 is 41.8 Å². The lowest BCUT2D eigenvalue weighted by atomic mass is 9.87. The van der Waals surface area contributed by atoms with Gasteiger partial charge in [0.25, 0.3) is 5.92 Å². The molecule has 4 rings (SSSR count). The van der Waals surface area contributed by atoms with Crippen molar-refractivity contribution in [3.8, 4) is 0 Å². The number of aliphatic carboxylic acids is 1. The number of carboxylic acid groups (broad SMARTS) is 1. The molecule has 2 N–H and O–H groups in total. The fourth-order valence-corrected chi connectivity index (χ4v) is 5.65. The molecule has 0 spiro atoms. The summed E-state index contributed by atoms with van der Waals surface area (Å²) >= 11 is 3.20. The van der Waals surface area contributed by atoms with Crippen LogP contribution in [0.15, 0.2) is 38.9 Å². The number of rotatable bonds is 6. The molecule has 2 bridgehead atoms. The number of nitrogens with one attached hydrogen (secondary N) is 1. The lowest BCUT2D eigenvalue weighted by Gasteiger charge is -2.39. The molecule has 2 saturated heterocycles. The van der Waals surface area contributed by atoms with Crippen LogP contribution < -0.4 is 5.32 Å². The van der Waals surface area contributed by atoms with Gasteiger partial charge in [-0.15, -0.1) is 0 Å². The Balaban J connectivity index is 1.68. The van der Waals surface area contributed by atoms with Crippen LogP contribution in [0.25, 0.3) is 0 Å². The zero-order chi connectivity index (χ0) is 23.9. The highest BCUT2D eigenvalue weighted by Gasteiger charge is 2.57. The number of carbonyl (C=O) groups excluding carboxylic acids is 1. The minimum Gasteiger partial charge on any atom is -0.481 e. The highest BCUT2D eigenvalue weighted by atomic mass is 79.9. The number of aliphatic imine (C=N–C) groups is 1. The predicted molar refractivity (Wildman–Crippen MR) is 116 cm³/mol. The smallest absolute Gasteiger partial charge is 0.338 e. The van der Waals surface area contributed by atoms with Crippen LogP contribution in [0.1, 0.15) is 37.3 Å². The minimum atomic E-state index is -2.96. The van der Waals surface area contributed by atoms with Crippen LogP contribution in [0.5, 0.6) is 0 Å². The minimum absolute atomic E-state index is 0.00457. The number of hydrogen-bond acceptors (Lipinski definition) is 6. The maximum Gasteiger partial charge on any atom is 0.338 e. The summed E-state index contributed by atoms with van der Waals surface area (Å²) < 4.78 is 48.8. The summed E-state index contributed by atoms with van der Waals surface area (Å²) in [4.78, 5) is 29.8. The molecule has 4 atom stereocenters. The molecule has 2 fully saturated rings. The summed E-state index contributed by atoms with van der Waals surface area (Å²) in [5, 5.41) is 12.0. The molecule has 3 aliphatic rings. The SMILES string of the molecule is COC(=O)C1=C(CN2[C@@H]3C[C@H](CC(=O)O)C[C@H]2C(F)(F)C3)NC=N[C@H]1c1cccc(F)c1Br. The second kappa shape index (κ2) is 9.09. The van der Waals surface area contributed by atoms with Crippen molar-refractivity contribution in [2.24, 2.45) is 10.9 Å². The van der Waals surface area contributed by atoms with Crippen LogP contribution in [0.3, 0.4) is 0 Å². The Kier molecular flexibility index (Phi) is 6.54. The number of ether oxygens (including phenoxy) is 1. The van der Waals surface area contributed by atoms with Crippen LogP contribution in [0.2, 0.25) is 0 Å². The van der Waals surface area contributed by atoms with E-state index in [4.69, 9.17) is 9.84 Å². The van der Waals surface area contributed by atoms with Gasteiger partial charge in [0.15, 0.2) is 0 Å². The van der Waals surface area contributed by atoms with Gasteiger partial charge in [-0.2, -0.15) is 0 Å². The van der Waals surface area contributed by atoms with Gasteiger partial charge < -0.3 is 15.2 Å². The van der Waals surface area contributed by atoms with Gasteiger partial charge in [0.05, 0.1) is 29.5 Å². The first-order chi connectivity index (χ1) is 15.6. The average Bonchev–Trinajstić information content (AvgIpc) is 2.89. The van der Waals surface area contributed by atoms with E-state index in [1.807, 2.05) is 0 Å². The van der Waals surface area contributed by atoms with Gasteiger partial charge in [0, 0.05) is 31.1 Å². The summed E-state index contributed by atoms with van der Waals surface area (Å²) in [7, 11) is 1.21. The van der Waals surface area contributed by atoms with Crippen molar-refractivity contribution in [1.82, 2.24) is 10.2 Å². The summed E-state index contributed by atoms with van der Waals surface area (Å²) in [5.41, 5.74) is 0.864. The van der Waals surface area contributed by atoms with Crippen molar-refractivity contribution in [3.05, 3.63) is 45.3 Å². The summed E-state index contributed by atoms with van der Waals surface area (Å²) in [6, 6.07) is 1.84. The molecule has 0 radical (unpaired) electrons. The van der Waals surface area contributed by atoms with Gasteiger partial charge in [-0.3, -0.25) is 14.7 Å². The number of nitrogens with zero attached hydrogens (tertiary/aromatic N) is 2. The molecule has 3 aliphatic heterocycles. The Bertz CT molecular complexity index is 1030. The van der Waals surface area contributed by atoms with Crippen molar-refractivity contribution in [1.29, 1.82) is 0 Å². The molecule has 178 valence electrons. The molecule has 11 heteroatoms. The monoisotopic (exact) mass is 529 g/mol. The topological polar surface area (TPSA) is 91.2 Å². The molecule has 0 aliphatic carbocycles. The van der Waals surface area contributed by atoms with Gasteiger partial charge in [0.2, 0.25) is 0 Å². The van der Waals surface area contributed by atoms with Gasteiger partial charge in [0.1, 0.15) is 11.9 Å². The quantitative estimate of drug-likeness (QED) is 0.546. The van der Waals surface area contributed by atoms with Crippen molar-refractivity contribution < 1.29 is 32.6 Å². The molecule has 7 nitrogen and oxygen atoms in total. The Labute approximate surface area is 196 Å². The molecule has 0 aromatic heterocycles. The fraction of sp³-hybridized carbons (Fsp3) is 0.500. The lowest BCUT2D eigenvalue weighted by molar-refractivity contribution is -0.139. The van der Waals surface area contributed by atoms with Gasteiger partial charge >= 0.3 is 11.9 Å².